The minimum Gasteiger partial charge on any atom is -0.382 e. The van der Waals surface area contributed by atoms with Crippen molar-refractivity contribution in [2.24, 2.45) is 5.92 Å². The second-order valence-electron chi connectivity index (χ2n) is 4.97. The third-order valence-corrected chi connectivity index (χ3v) is 3.85. The van der Waals surface area contributed by atoms with Crippen molar-refractivity contribution in [3.05, 3.63) is 4.88 Å². The van der Waals surface area contributed by atoms with E-state index in [0.717, 1.165) is 19.6 Å². The maximum atomic E-state index is 12.0. The zero-order valence-electron chi connectivity index (χ0n) is 11.2. The highest BCUT2D eigenvalue weighted by molar-refractivity contribution is 7.18. The first kappa shape index (κ1) is 14.1. The molecule has 1 atom stereocenters. The van der Waals surface area contributed by atoms with Crippen LogP contribution in [0.4, 0.5) is 10.9 Å². The van der Waals surface area contributed by atoms with Crippen LogP contribution in [0.15, 0.2) is 0 Å². The molecule has 0 spiro atoms. The van der Waals surface area contributed by atoms with Crippen LogP contribution < -0.4 is 16.4 Å². The Morgan fingerprint density at radius 1 is 1.63 bits per heavy atom. The van der Waals surface area contributed by atoms with Gasteiger partial charge in [-0.05, 0) is 20.3 Å². The molecule has 0 radical (unpaired) electrons. The van der Waals surface area contributed by atoms with Crippen molar-refractivity contribution in [2.45, 2.75) is 26.3 Å². The number of thiazole rings is 1. The summed E-state index contributed by atoms with van der Waals surface area (Å²) in [5.41, 5.74) is 5.78. The summed E-state index contributed by atoms with van der Waals surface area (Å²) in [6.07, 6.45) is 0.999. The first-order valence-corrected chi connectivity index (χ1v) is 7.26. The van der Waals surface area contributed by atoms with Crippen molar-refractivity contribution in [2.75, 3.05) is 30.8 Å². The van der Waals surface area contributed by atoms with Crippen LogP contribution in [0.25, 0.3) is 0 Å². The van der Waals surface area contributed by atoms with Crippen molar-refractivity contribution >= 4 is 28.2 Å². The van der Waals surface area contributed by atoms with Crippen LogP contribution in [0.1, 0.15) is 29.9 Å². The molecule has 2 rings (SSSR count). The van der Waals surface area contributed by atoms with Gasteiger partial charge in [0.25, 0.3) is 5.91 Å². The van der Waals surface area contributed by atoms with Gasteiger partial charge in [-0.25, -0.2) is 4.98 Å². The topological polar surface area (TPSA) is 89.3 Å². The predicted octanol–water partition coefficient (Wildman–Crippen LogP) is 1.31. The number of aromatic nitrogens is 1. The van der Waals surface area contributed by atoms with Crippen LogP contribution in [-0.4, -0.2) is 36.7 Å². The highest BCUT2D eigenvalue weighted by Crippen LogP contribution is 2.25. The average Bonchev–Trinajstić information content (AvgIpc) is 2.95. The molecule has 106 valence electrons. The summed E-state index contributed by atoms with van der Waals surface area (Å²) in [4.78, 5) is 16.7. The van der Waals surface area contributed by atoms with E-state index in [-0.39, 0.29) is 17.8 Å². The predicted molar refractivity (Wildman–Crippen MR) is 76.5 cm³/mol. The van der Waals surface area contributed by atoms with E-state index in [1.54, 1.807) is 0 Å². The highest BCUT2D eigenvalue weighted by atomic mass is 32.1. The molecule has 1 aromatic heterocycles. The number of nitrogens with zero attached hydrogens (tertiary/aromatic N) is 1. The lowest BCUT2D eigenvalue weighted by Gasteiger charge is -2.08. The number of carbonyl (C=O) groups excluding carboxylic acids is 1. The standard InChI is InChI=1S/C12H20N4O2S/c1-7(2)15-12-16-10(13)9(19-12)11(17)14-5-8-3-4-18-6-8/h7-8H,3-6,13H2,1-2H3,(H,14,17)(H,15,16). The summed E-state index contributed by atoms with van der Waals surface area (Å²) in [7, 11) is 0. The van der Waals surface area contributed by atoms with Gasteiger partial charge in [0.15, 0.2) is 5.13 Å². The lowest BCUT2D eigenvalue weighted by molar-refractivity contribution is 0.0949. The van der Waals surface area contributed by atoms with Crippen LogP contribution in [0.3, 0.4) is 0 Å². The molecule has 0 aromatic carbocycles. The Labute approximate surface area is 116 Å². The smallest absolute Gasteiger partial charge is 0.265 e. The zero-order chi connectivity index (χ0) is 13.8. The quantitative estimate of drug-likeness (QED) is 0.758. The summed E-state index contributed by atoms with van der Waals surface area (Å²) >= 11 is 1.29. The van der Waals surface area contributed by atoms with Gasteiger partial charge in [0.05, 0.1) is 6.61 Å². The van der Waals surface area contributed by atoms with Gasteiger partial charge in [-0.15, -0.1) is 0 Å². The molecule has 1 saturated heterocycles. The number of hydrogen-bond acceptors (Lipinski definition) is 6. The molecule has 7 heteroatoms. The number of carbonyl (C=O) groups is 1. The molecule has 1 aliphatic heterocycles. The molecule has 0 bridgehead atoms. The Hall–Kier alpha value is -1.34. The molecule has 0 aliphatic carbocycles. The Balaban J connectivity index is 1.92. The third kappa shape index (κ3) is 3.81. The molecule has 1 aromatic rings. The van der Waals surface area contributed by atoms with Crippen molar-refractivity contribution in [3.63, 3.8) is 0 Å². The molecular formula is C12H20N4O2S. The summed E-state index contributed by atoms with van der Waals surface area (Å²) in [6, 6.07) is 0.261. The minimum atomic E-state index is -0.154. The second-order valence-corrected chi connectivity index (χ2v) is 5.97. The monoisotopic (exact) mass is 284 g/mol. The van der Waals surface area contributed by atoms with E-state index in [1.807, 2.05) is 13.8 Å². The maximum Gasteiger partial charge on any atom is 0.265 e. The number of nitrogens with one attached hydrogen (secondary N) is 2. The van der Waals surface area contributed by atoms with Crippen LogP contribution in [0, 0.1) is 5.92 Å². The summed E-state index contributed by atoms with van der Waals surface area (Å²) < 4.78 is 5.27. The van der Waals surface area contributed by atoms with E-state index in [2.05, 4.69) is 15.6 Å². The van der Waals surface area contributed by atoms with Gasteiger partial charge in [0.2, 0.25) is 0 Å². The van der Waals surface area contributed by atoms with E-state index in [4.69, 9.17) is 10.5 Å². The summed E-state index contributed by atoms with van der Waals surface area (Å²) in [5.74, 6) is 0.540. The Kier molecular flexibility index (Phi) is 4.60. The van der Waals surface area contributed by atoms with Gasteiger partial charge in [-0.1, -0.05) is 11.3 Å². The number of anilines is 2. The molecule has 19 heavy (non-hydrogen) atoms. The van der Waals surface area contributed by atoms with Gasteiger partial charge in [-0.3, -0.25) is 4.79 Å². The first-order valence-electron chi connectivity index (χ1n) is 6.45. The molecule has 4 N–H and O–H groups in total. The number of ether oxygens (including phenoxy) is 1. The van der Waals surface area contributed by atoms with Gasteiger partial charge in [0, 0.05) is 25.1 Å². The fourth-order valence-electron chi connectivity index (χ4n) is 1.86. The molecule has 2 heterocycles. The van der Waals surface area contributed by atoms with Crippen molar-refractivity contribution in [1.82, 2.24) is 10.3 Å². The lowest BCUT2D eigenvalue weighted by atomic mass is 10.1. The number of amides is 1. The molecule has 0 saturated carbocycles. The minimum absolute atomic E-state index is 0.154. The SMILES string of the molecule is CC(C)Nc1nc(N)c(C(=O)NCC2CCOC2)s1. The number of nitrogen functional groups attached to an aromatic ring is 1. The highest BCUT2D eigenvalue weighted by Gasteiger charge is 2.20. The largest absolute Gasteiger partial charge is 0.382 e. The molecular weight excluding hydrogens is 264 g/mol. The Bertz CT molecular complexity index is 441. The first-order chi connectivity index (χ1) is 9.06. The maximum absolute atomic E-state index is 12.0. The average molecular weight is 284 g/mol. The number of nitrogens with two attached hydrogens (primary N) is 1. The fraction of sp³-hybridized carbons (Fsp3) is 0.667. The Morgan fingerprint density at radius 2 is 2.42 bits per heavy atom. The molecule has 1 aliphatic rings. The molecule has 6 nitrogen and oxygen atoms in total. The van der Waals surface area contributed by atoms with Crippen molar-refractivity contribution in [1.29, 1.82) is 0 Å². The van der Waals surface area contributed by atoms with Gasteiger partial charge in [0.1, 0.15) is 10.7 Å². The van der Waals surface area contributed by atoms with Gasteiger partial charge in [-0.2, -0.15) is 0 Å². The molecule has 1 amide bonds. The van der Waals surface area contributed by atoms with E-state index in [9.17, 15) is 4.79 Å². The number of hydrogen-bond donors (Lipinski definition) is 3. The third-order valence-electron chi connectivity index (χ3n) is 2.85. The van der Waals surface area contributed by atoms with Crippen molar-refractivity contribution in [3.8, 4) is 0 Å². The van der Waals surface area contributed by atoms with E-state index < -0.39 is 0 Å². The molecule has 1 unspecified atom stereocenters. The Morgan fingerprint density at radius 3 is 3.05 bits per heavy atom. The normalized spacial score (nSPS) is 18.8. The van der Waals surface area contributed by atoms with Crippen molar-refractivity contribution < 1.29 is 9.53 Å². The van der Waals surface area contributed by atoms with Crippen LogP contribution in [0.2, 0.25) is 0 Å². The van der Waals surface area contributed by atoms with Gasteiger partial charge < -0.3 is 21.1 Å². The molecule has 1 fully saturated rings. The van der Waals surface area contributed by atoms with E-state index in [1.165, 1.54) is 11.3 Å². The zero-order valence-corrected chi connectivity index (χ0v) is 12.0. The lowest BCUT2D eigenvalue weighted by Crippen LogP contribution is -2.29. The van der Waals surface area contributed by atoms with Gasteiger partial charge >= 0.3 is 0 Å². The van der Waals surface area contributed by atoms with Crippen LogP contribution in [0.5, 0.6) is 0 Å². The number of rotatable bonds is 5. The van der Waals surface area contributed by atoms with Crippen LogP contribution in [-0.2, 0) is 4.74 Å². The second kappa shape index (κ2) is 6.21. The fourth-order valence-corrected chi connectivity index (χ4v) is 2.81. The summed E-state index contributed by atoms with van der Waals surface area (Å²) in [5, 5.41) is 6.72. The summed E-state index contributed by atoms with van der Waals surface area (Å²) in [6.45, 7) is 6.16. The van der Waals surface area contributed by atoms with E-state index in [0.29, 0.717) is 22.5 Å². The van der Waals surface area contributed by atoms with Crippen LogP contribution >= 0.6 is 11.3 Å². The van der Waals surface area contributed by atoms with E-state index >= 15 is 0 Å².